The summed E-state index contributed by atoms with van der Waals surface area (Å²) in [6, 6.07) is 0.262. The van der Waals surface area contributed by atoms with Gasteiger partial charge < -0.3 is 15.3 Å². The molecule has 0 aliphatic rings. The Bertz CT molecular complexity index is 215. The summed E-state index contributed by atoms with van der Waals surface area (Å²) in [4.78, 5) is 12.6. The van der Waals surface area contributed by atoms with Gasteiger partial charge in [0.1, 0.15) is 0 Å². The zero-order valence-corrected chi connectivity index (χ0v) is 11.2. The standard InChI is InChI=1S/C12H26N2O2/c1-10(6-7-11(15)16)13-8-12(2,3)9-14(4)5/h10,13H,6-9H2,1-5H3,(H,15,16). The molecule has 0 fully saturated rings. The van der Waals surface area contributed by atoms with E-state index >= 15 is 0 Å². The van der Waals surface area contributed by atoms with Gasteiger partial charge in [-0.05, 0) is 32.9 Å². The van der Waals surface area contributed by atoms with Gasteiger partial charge in [-0.1, -0.05) is 13.8 Å². The summed E-state index contributed by atoms with van der Waals surface area (Å²) < 4.78 is 0. The number of carboxylic acids is 1. The first-order valence-electron chi connectivity index (χ1n) is 5.83. The van der Waals surface area contributed by atoms with Crippen LogP contribution < -0.4 is 5.32 Å². The Kier molecular flexibility index (Phi) is 6.60. The molecule has 4 nitrogen and oxygen atoms in total. The second-order valence-electron chi connectivity index (χ2n) is 5.62. The van der Waals surface area contributed by atoms with Crippen LogP contribution in [-0.2, 0) is 4.79 Å². The van der Waals surface area contributed by atoms with Crippen LogP contribution in [0.25, 0.3) is 0 Å². The largest absolute Gasteiger partial charge is 0.481 e. The highest BCUT2D eigenvalue weighted by Crippen LogP contribution is 2.14. The van der Waals surface area contributed by atoms with Crippen LogP contribution in [0, 0.1) is 5.41 Å². The average molecular weight is 230 g/mol. The summed E-state index contributed by atoms with van der Waals surface area (Å²) in [5.74, 6) is -0.721. The predicted molar refractivity (Wildman–Crippen MR) is 66.7 cm³/mol. The van der Waals surface area contributed by atoms with Crippen molar-refractivity contribution in [3.63, 3.8) is 0 Å². The first kappa shape index (κ1) is 15.4. The number of carboxylic acid groups (broad SMARTS) is 1. The van der Waals surface area contributed by atoms with Crippen LogP contribution >= 0.6 is 0 Å². The summed E-state index contributed by atoms with van der Waals surface area (Å²) in [5, 5.41) is 12.0. The maximum atomic E-state index is 10.4. The van der Waals surface area contributed by atoms with E-state index in [-0.39, 0.29) is 17.9 Å². The third kappa shape index (κ3) is 8.68. The van der Waals surface area contributed by atoms with Crippen molar-refractivity contribution in [2.24, 2.45) is 5.41 Å². The van der Waals surface area contributed by atoms with Gasteiger partial charge in [0.25, 0.3) is 0 Å². The van der Waals surface area contributed by atoms with Crippen LogP contribution in [0.3, 0.4) is 0 Å². The zero-order chi connectivity index (χ0) is 12.8. The fraction of sp³-hybridized carbons (Fsp3) is 0.917. The molecule has 0 aliphatic carbocycles. The number of nitrogens with zero attached hydrogens (tertiary/aromatic N) is 1. The molecule has 96 valence electrons. The lowest BCUT2D eigenvalue weighted by molar-refractivity contribution is -0.137. The van der Waals surface area contributed by atoms with Crippen LogP contribution in [0.1, 0.15) is 33.6 Å². The third-order valence-electron chi connectivity index (χ3n) is 2.46. The number of carbonyl (C=O) groups is 1. The Morgan fingerprint density at radius 3 is 2.44 bits per heavy atom. The average Bonchev–Trinajstić information content (AvgIpc) is 2.09. The van der Waals surface area contributed by atoms with Crippen molar-refractivity contribution in [1.29, 1.82) is 0 Å². The van der Waals surface area contributed by atoms with E-state index in [1.54, 1.807) is 0 Å². The van der Waals surface area contributed by atoms with Gasteiger partial charge in [0.15, 0.2) is 0 Å². The van der Waals surface area contributed by atoms with E-state index in [2.05, 4.69) is 38.2 Å². The Hall–Kier alpha value is -0.610. The monoisotopic (exact) mass is 230 g/mol. The molecule has 0 aromatic heterocycles. The normalized spacial score (nSPS) is 14.1. The van der Waals surface area contributed by atoms with Crippen molar-refractivity contribution in [3.05, 3.63) is 0 Å². The minimum absolute atomic E-state index is 0.209. The Morgan fingerprint density at radius 2 is 2.00 bits per heavy atom. The summed E-state index contributed by atoms with van der Waals surface area (Å²) in [7, 11) is 4.13. The van der Waals surface area contributed by atoms with Crippen molar-refractivity contribution in [2.45, 2.75) is 39.7 Å². The third-order valence-corrected chi connectivity index (χ3v) is 2.46. The van der Waals surface area contributed by atoms with Gasteiger partial charge in [-0.3, -0.25) is 4.79 Å². The molecule has 0 rings (SSSR count). The van der Waals surface area contributed by atoms with E-state index in [1.807, 2.05) is 6.92 Å². The van der Waals surface area contributed by atoms with E-state index in [0.29, 0.717) is 6.42 Å². The molecule has 0 radical (unpaired) electrons. The highest BCUT2D eigenvalue weighted by atomic mass is 16.4. The summed E-state index contributed by atoms with van der Waals surface area (Å²) in [5.41, 5.74) is 0.209. The van der Waals surface area contributed by atoms with E-state index in [9.17, 15) is 4.79 Å². The van der Waals surface area contributed by atoms with E-state index < -0.39 is 5.97 Å². The second kappa shape index (κ2) is 6.86. The molecule has 0 aromatic carbocycles. The molecule has 0 saturated heterocycles. The molecule has 0 aliphatic heterocycles. The topological polar surface area (TPSA) is 52.6 Å². The summed E-state index contributed by atoms with van der Waals surface area (Å²) in [6.07, 6.45) is 0.926. The predicted octanol–water partition coefficient (Wildman–Crippen LogP) is 1.42. The van der Waals surface area contributed by atoms with Crippen molar-refractivity contribution in [3.8, 4) is 0 Å². The van der Waals surface area contributed by atoms with Crippen LogP contribution in [0.4, 0.5) is 0 Å². The van der Waals surface area contributed by atoms with Crippen LogP contribution in [-0.4, -0.2) is 49.2 Å². The lowest BCUT2D eigenvalue weighted by Gasteiger charge is -2.30. The van der Waals surface area contributed by atoms with E-state index in [1.165, 1.54) is 0 Å². The van der Waals surface area contributed by atoms with Crippen LogP contribution in [0.15, 0.2) is 0 Å². The zero-order valence-electron chi connectivity index (χ0n) is 11.2. The van der Waals surface area contributed by atoms with Gasteiger partial charge in [-0.2, -0.15) is 0 Å². The lowest BCUT2D eigenvalue weighted by atomic mass is 9.92. The van der Waals surface area contributed by atoms with Crippen molar-refractivity contribution in [2.75, 3.05) is 27.2 Å². The maximum Gasteiger partial charge on any atom is 0.303 e. The van der Waals surface area contributed by atoms with Gasteiger partial charge >= 0.3 is 5.97 Å². The fourth-order valence-corrected chi connectivity index (χ4v) is 1.80. The second-order valence-corrected chi connectivity index (χ2v) is 5.62. The molecule has 1 unspecified atom stereocenters. The van der Waals surface area contributed by atoms with E-state index in [4.69, 9.17) is 5.11 Å². The minimum atomic E-state index is -0.721. The summed E-state index contributed by atoms with van der Waals surface area (Å²) in [6.45, 7) is 8.39. The Morgan fingerprint density at radius 1 is 1.44 bits per heavy atom. The molecule has 4 heteroatoms. The number of aliphatic carboxylic acids is 1. The molecule has 2 N–H and O–H groups in total. The highest BCUT2D eigenvalue weighted by Gasteiger charge is 2.19. The Labute approximate surface area is 99.0 Å². The molecule has 16 heavy (non-hydrogen) atoms. The number of nitrogens with one attached hydrogen (secondary N) is 1. The minimum Gasteiger partial charge on any atom is -0.481 e. The van der Waals surface area contributed by atoms with Crippen LogP contribution in [0.2, 0.25) is 0 Å². The molecule has 0 heterocycles. The van der Waals surface area contributed by atoms with Crippen molar-refractivity contribution >= 4 is 5.97 Å². The molecular formula is C12H26N2O2. The molecule has 0 saturated carbocycles. The molecule has 0 aromatic rings. The fourth-order valence-electron chi connectivity index (χ4n) is 1.80. The SMILES string of the molecule is CC(CCC(=O)O)NCC(C)(C)CN(C)C. The number of rotatable bonds is 8. The molecule has 0 bridgehead atoms. The van der Waals surface area contributed by atoms with Gasteiger partial charge in [0.05, 0.1) is 0 Å². The van der Waals surface area contributed by atoms with Gasteiger partial charge in [0.2, 0.25) is 0 Å². The molecule has 0 spiro atoms. The first-order valence-corrected chi connectivity index (χ1v) is 5.83. The molecule has 1 atom stereocenters. The first-order chi connectivity index (χ1) is 7.23. The van der Waals surface area contributed by atoms with E-state index in [0.717, 1.165) is 13.1 Å². The van der Waals surface area contributed by atoms with Crippen molar-refractivity contribution < 1.29 is 9.90 Å². The van der Waals surface area contributed by atoms with Gasteiger partial charge in [-0.15, -0.1) is 0 Å². The molecule has 0 amide bonds. The Balaban J connectivity index is 3.80. The molecular weight excluding hydrogens is 204 g/mol. The number of hydrogen-bond acceptors (Lipinski definition) is 3. The summed E-state index contributed by atoms with van der Waals surface area (Å²) >= 11 is 0. The maximum absolute atomic E-state index is 10.4. The quantitative estimate of drug-likeness (QED) is 0.662. The van der Waals surface area contributed by atoms with Gasteiger partial charge in [0, 0.05) is 25.6 Å². The highest BCUT2D eigenvalue weighted by molar-refractivity contribution is 5.66. The van der Waals surface area contributed by atoms with Gasteiger partial charge in [-0.25, -0.2) is 0 Å². The number of hydrogen-bond donors (Lipinski definition) is 2. The van der Waals surface area contributed by atoms with Crippen molar-refractivity contribution in [1.82, 2.24) is 10.2 Å². The smallest absolute Gasteiger partial charge is 0.303 e. The van der Waals surface area contributed by atoms with Crippen LogP contribution in [0.5, 0.6) is 0 Å². The lowest BCUT2D eigenvalue weighted by Crippen LogP contribution is -2.40.